The quantitative estimate of drug-likeness (QED) is 0.841. The largest absolute Gasteiger partial charge is 0.359 e. The summed E-state index contributed by atoms with van der Waals surface area (Å²) in [5.41, 5.74) is 0. The third kappa shape index (κ3) is 3.23. The molecule has 1 aromatic rings. The summed E-state index contributed by atoms with van der Waals surface area (Å²) in [7, 11) is 1.96. The van der Waals surface area contributed by atoms with Gasteiger partial charge in [-0.15, -0.1) is 0 Å². The van der Waals surface area contributed by atoms with Gasteiger partial charge in [-0.25, -0.2) is 4.98 Å². The van der Waals surface area contributed by atoms with Crippen LogP contribution in [0.2, 0.25) is 5.02 Å². The van der Waals surface area contributed by atoms with Gasteiger partial charge in [0.25, 0.3) is 0 Å². The molecule has 15 heavy (non-hydrogen) atoms. The minimum atomic E-state index is 0.585. The normalized spacial score (nSPS) is 10.1. The Bertz CT molecular complexity index is 316. The van der Waals surface area contributed by atoms with Crippen LogP contribution in [0.5, 0.6) is 0 Å². The van der Waals surface area contributed by atoms with E-state index < -0.39 is 0 Å². The Morgan fingerprint density at radius 2 is 2.20 bits per heavy atom. The molecule has 0 spiro atoms. The van der Waals surface area contributed by atoms with Gasteiger partial charge in [-0.3, -0.25) is 0 Å². The first-order valence-corrected chi connectivity index (χ1v) is 5.54. The van der Waals surface area contributed by atoms with Crippen LogP contribution in [0.15, 0.2) is 6.20 Å². The molecule has 84 valence electrons. The predicted molar refractivity (Wildman–Crippen MR) is 64.8 cm³/mol. The minimum Gasteiger partial charge on any atom is -0.359 e. The van der Waals surface area contributed by atoms with Crippen molar-refractivity contribution in [1.82, 2.24) is 9.97 Å². The first kappa shape index (κ1) is 12.0. The van der Waals surface area contributed by atoms with E-state index in [9.17, 15) is 0 Å². The second-order valence-electron chi connectivity index (χ2n) is 3.31. The topological polar surface area (TPSA) is 41.1 Å². The molecule has 0 saturated carbocycles. The number of halogens is 1. The molecule has 0 amide bonds. The molecule has 5 heteroatoms. The maximum Gasteiger partial charge on any atom is 0.224 e. The summed E-state index contributed by atoms with van der Waals surface area (Å²) in [6, 6.07) is 0. The zero-order valence-corrected chi connectivity index (χ0v) is 10.2. The highest BCUT2D eigenvalue weighted by atomic mass is 35.5. The Morgan fingerprint density at radius 3 is 2.80 bits per heavy atom. The second-order valence-corrected chi connectivity index (χ2v) is 3.71. The minimum absolute atomic E-state index is 0.585. The van der Waals surface area contributed by atoms with Crippen LogP contribution in [0.25, 0.3) is 0 Å². The third-order valence-electron chi connectivity index (χ3n) is 2.09. The lowest BCUT2D eigenvalue weighted by atomic mass is 10.5. The summed E-state index contributed by atoms with van der Waals surface area (Å²) >= 11 is 6.01. The number of hydrogen-bond acceptors (Lipinski definition) is 4. The highest BCUT2D eigenvalue weighted by Crippen LogP contribution is 2.22. The van der Waals surface area contributed by atoms with E-state index in [-0.39, 0.29) is 0 Å². The molecule has 4 nitrogen and oxygen atoms in total. The van der Waals surface area contributed by atoms with Crippen molar-refractivity contribution in [2.45, 2.75) is 20.3 Å². The zero-order chi connectivity index (χ0) is 11.3. The lowest BCUT2D eigenvalue weighted by molar-refractivity contribution is 0.913. The number of anilines is 2. The van der Waals surface area contributed by atoms with Crippen LogP contribution in [0, 0.1) is 0 Å². The fourth-order valence-electron chi connectivity index (χ4n) is 1.10. The lowest BCUT2D eigenvalue weighted by Crippen LogP contribution is -2.18. The average Bonchev–Trinajstić information content (AvgIpc) is 2.27. The molecular formula is C10H17ClN4. The summed E-state index contributed by atoms with van der Waals surface area (Å²) in [6.45, 7) is 5.89. The molecule has 1 N–H and O–H groups in total. The number of nitrogens with one attached hydrogen (secondary N) is 1. The molecule has 0 aromatic carbocycles. The van der Waals surface area contributed by atoms with Crippen molar-refractivity contribution in [1.29, 1.82) is 0 Å². The first-order chi connectivity index (χ1) is 7.19. The summed E-state index contributed by atoms with van der Waals surface area (Å²) in [5.74, 6) is 1.41. The Morgan fingerprint density at radius 1 is 1.47 bits per heavy atom. The Hall–Kier alpha value is -1.03. The first-order valence-electron chi connectivity index (χ1n) is 5.16. The van der Waals surface area contributed by atoms with Crippen molar-refractivity contribution in [2.75, 3.05) is 30.4 Å². The molecule has 0 fully saturated rings. The average molecular weight is 229 g/mol. The summed E-state index contributed by atoms with van der Waals surface area (Å²) < 4.78 is 0. The van der Waals surface area contributed by atoms with Gasteiger partial charge >= 0.3 is 0 Å². The predicted octanol–water partition coefficient (Wildman–Crippen LogP) is 2.41. The van der Waals surface area contributed by atoms with Crippen molar-refractivity contribution >= 4 is 23.4 Å². The molecule has 1 heterocycles. The molecule has 1 aromatic heterocycles. The number of hydrogen-bond donors (Lipinski definition) is 1. The standard InChI is InChI=1S/C10H17ClN4/c1-4-6-12-10-13-7-8(11)9(14-10)15(3)5-2/h7H,4-6H2,1-3H3,(H,12,13,14). The molecular weight excluding hydrogens is 212 g/mol. The zero-order valence-electron chi connectivity index (χ0n) is 9.42. The van der Waals surface area contributed by atoms with Gasteiger partial charge in [0, 0.05) is 20.1 Å². The third-order valence-corrected chi connectivity index (χ3v) is 2.36. The van der Waals surface area contributed by atoms with E-state index in [1.807, 2.05) is 11.9 Å². The van der Waals surface area contributed by atoms with E-state index in [4.69, 9.17) is 11.6 Å². The molecule has 0 saturated heterocycles. The van der Waals surface area contributed by atoms with E-state index in [1.165, 1.54) is 0 Å². The van der Waals surface area contributed by atoms with E-state index in [0.29, 0.717) is 11.0 Å². The van der Waals surface area contributed by atoms with Crippen molar-refractivity contribution in [3.05, 3.63) is 11.2 Å². The Balaban J connectivity index is 2.84. The van der Waals surface area contributed by atoms with E-state index in [0.717, 1.165) is 25.3 Å². The van der Waals surface area contributed by atoms with Gasteiger partial charge in [0.1, 0.15) is 5.02 Å². The van der Waals surface area contributed by atoms with Crippen molar-refractivity contribution in [2.24, 2.45) is 0 Å². The van der Waals surface area contributed by atoms with Crippen LogP contribution in [-0.4, -0.2) is 30.1 Å². The number of aromatic nitrogens is 2. The van der Waals surface area contributed by atoms with Gasteiger partial charge in [0.05, 0.1) is 6.20 Å². The van der Waals surface area contributed by atoms with Crippen LogP contribution >= 0.6 is 11.6 Å². The van der Waals surface area contributed by atoms with Gasteiger partial charge in [-0.2, -0.15) is 4.98 Å². The van der Waals surface area contributed by atoms with E-state index in [2.05, 4.69) is 29.1 Å². The van der Waals surface area contributed by atoms with Crippen LogP contribution < -0.4 is 10.2 Å². The Kier molecular flexibility index (Phi) is 4.62. The summed E-state index contributed by atoms with van der Waals surface area (Å²) in [4.78, 5) is 10.5. The van der Waals surface area contributed by atoms with Crippen LogP contribution in [0.1, 0.15) is 20.3 Å². The lowest BCUT2D eigenvalue weighted by Gasteiger charge is -2.17. The highest BCUT2D eigenvalue weighted by Gasteiger charge is 2.08. The number of nitrogens with zero attached hydrogens (tertiary/aromatic N) is 3. The van der Waals surface area contributed by atoms with Crippen molar-refractivity contribution in [3.63, 3.8) is 0 Å². The summed E-state index contributed by atoms with van der Waals surface area (Å²) in [6.07, 6.45) is 2.68. The molecule has 0 aliphatic carbocycles. The van der Waals surface area contributed by atoms with Crippen molar-refractivity contribution < 1.29 is 0 Å². The maximum absolute atomic E-state index is 6.01. The fraction of sp³-hybridized carbons (Fsp3) is 0.600. The van der Waals surface area contributed by atoms with Gasteiger partial charge in [0.15, 0.2) is 5.82 Å². The van der Waals surface area contributed by atoms with E-state index in [1.54, 1.807) is 6.20 Å². The maximum atomic E-state index is 6.01. The molecule has 0 radical (unpaired) electrons. The van der Waals surface area contributed by atoms with Gasteiger partial charge < -0.3 is 10.2 Å². The monoisotopic (exact) mass is 228 g/mol. The summed E-state index contributed by atoms with van der Waals surface area (Å²) in [5, 5.41) is 3.72. The van der Waals surface area contributed by atoms with Crippen LogP contribution in [-0.2, 0) is 0 Å². The van der Waals surface area contributed by atoms with Gasteiger partial charge in [-0.05, 0) is 13.3 Å². The highest BCUT2D eigenvalue weighted by molar-refractivity contribution is 6.32. The van der Waals surface area contributed by atoms with E-state index >= 15 is 0 Å². The smallest absolute Gasteiger partial charge is 0.224 e. The molecule has 0 aliphatic rings. The molecule has 0 bridgehead atoms. The molecule has 0 atom stereocenters. The van der Waals surface area contributed by atoms with Crippen molar-refractivity contribution in [3.8, 4) is 0 Å². The van der Waals surface area contributed by atoms with Gasteiger partial charge in [0.2, 0.25) is 5.95 Å². The SMILES string of the molecule is CCCNc1ncc(Cl)c(N(C)CC)n1. The van der Waals surface area contributed by atoms with Crippen LogP contribution in [0.4, 0.5) is 11.8 Å². The fourth-order valence-corrected chi connectivity index (χ4v) is 1.33. The number of rotatable bonds is 5. The Labute approximate surface area is 95.7 Å². The molecule has 0 aliphatic heterocycles. The van der Waals surface area contributed by atoms with Gasteiger partial charge in [-0.1, -0.05) is 18.5 Å². The van der Waals surface area contributed by atoms with Crippen LogP contribution in [0.3, 0.4) is 0 Å². The molecule has 0 unspecified atom stereocenters. The second kappa shape index (κ2) is 5.75. The molecule has 1 rings (SSSR count).